The van der Waals surface area contributed by atoms with E-state index in [2.05, 4.69) is 5.32 Å². The predicted molar refractivity (Wildman–Crippen MR) is 71.7 cm³/mol. The molecule has 2 rings (SSSR count). The van der Waals surface area contributed by atoms with Gasteiger partial charge in [-0.05, 0) is 44.2 Å². The number of likely N-dealkylation sites (tertiary alicyclic amines) is 1. The molecule has 2 aliphatic rings. The van der Waals surface area contributed by atoms with Gasteiger partial charge in [0, 0.05) is 19.5 Å². The van der Waals surface area contributed by atoms with Gasteiger partial charge in [0.1, 0.15) is 0 Å². The Balaban J connectivity index is 1.76. The van der Waals surface area contributed by atoms with Crippen LogP contribution >= 0.6 is 0 Å². The van der Waals surface area contributed by atoms with Crippen LogP contribution in [0, 0.1) is 17.8 Å². The van der Waals surface area contributed by atoms with Crippen LogP contribution in [0.3, 0.4) is 0 Å². The monoisotopic (exact) mass is 268 g/mol. The van der Waals surface area contributed by atoms with Gasteiger partial charge in [-0.15, -0.1) is 0 Å². The highest BCUT2D eigenvalue weighted by atomic mass is 16.4. The van der Waals surface area contributed by atoms with Gasteiger partial charge in [-0.2, -0.15) is 0 Å². The predicted octanol–water partition coefficient (Wildman–Crippen LogP) is 0.945. The Labute approximate surface area is 114 Å². The Morgan fingerprint density at radius 3 is 2.74 bits per heavy atom. The van der Waals surface area contributed by atoms with E-state index in [1.165, 1.54) is 12.8 Å². The Hall–Kier alpha value is -1.10. The summed E-state index contributed by atoms with van der Waals surface area (Å²) in [6.45, 7) is 5.00. The summed E-state index contributed by atoms with van der Waals surface area (Å²) in [6.07, 6.45) is 3.88. The molecule has 2 N–H and O–H groups in total. The van der Waals surface area contributed by atoms with Gasteiger partial charge in [-0.3, -0.25) is 9.59 Å². The first kappa shape index (κ1) is 14.3. The largest absolute Gasteiger partial charge is 0.481 e. The van der Waals surface area contributed by atoms with Crippen molar-refractivity contribution in [1.29, 1.82) is 0 Å². The van der Waals surface area contributed by atoms with E-state index in [0.29, 0.717) is 25.4 Å². The molecular formula is C14H24N2O3. The fraction of sp³-hybridized carbons (Fsp3) is 0.857. The molecule has 19 heavy (non-hydrogen) atoms. The molecule has 0 spiro atoms. The first-order valence-corrected chi connectivity index (χ1v) is 7.29. The average molecular weight is 268 g/mol. The van der Waals surface area contributed by atoms with Crippen molar-refractivity contribution >= 4 is 11.9 Å². The summed E-state index contributed by atoms with van der Waals surface area (Å²) in [4.78, 5) is 24.9. The maximum absolute atomic E-state index is 12.1. The molecule has 0 saturated carbocycles. The minimum atomic E-state index is -0.778. The van der Waals surface area contributed by atoms with E-state index >= 15 is 0 Å². The first-order valence-electron chi connectivity index (χ1n) is 7.29. The second kappa shape index (κ2) is 6.37. The standard InChI is InChI=1S/C14H24N2O3/c1-10-8-16(9-12(10)14(18)19)13(17)5-4-11-3-2-6-15-7-11/h10-12,15H,2-9H2,1H3,(H,18,19). The Morgan fingerprint density at radius 1 is 1.37 bits per heavy atom. The van der Waals surface area contributed by atoms with Crippen LogP contribution in [0.25, 0.3) is 0 Å². The van der Waals surface area contributed by atoms with Crippen LogP contribution < -0.4 is 5.32 Å². The average Bonchev–Trinajstić information content (AvgIpc) is 2.79. The van der Waals surface area contributed by atoms with Crippen molar-refractivity contribution in [2.45, 2.75) is 32.6 Å². The van der Waals surface area contributed by atoms with E-state index in [9.17, 15) is 9.59 Å². The van der Waals surface area contributed by atoms with Gasteiger partial charge < -0.3 is 15.3 Å². The number of piperidine rings is 1. The molecule has 0 aromatic carbocycles. The Morgan fingerprint density at radius 2 is 2.16 bits per heavy atom. The number of rotatable bonds is 4. The minimum absolute atomic E-state index is 0.0674. The summed E-state index contributed by atoms with van der Waals surface area (Å²) >= 11 is 0. The molecule has 2 fully saturated rings. The number of hydrogen-bond acceptors (Lipinski definition) is 3. The number of nitrogens with one attached hydrogen (secondary N) is 1. The zero-order valence-electron chi connectivity index (χ0n) is 11.6. The molecule has 3 atom stereocenters. The number of amides is 1. The molecule has 2 saturated heterocycles. The molecule has 2 aliphatic heterocycles. The van der Waals surface area contributed by atoms with Gasteiger partial charge in [0.05, 0.1) is 5.92 Å². The summed E-state index contributed by atoms with van der Waals surface area (Å²) in [5.41, 5.74) is 0. The summed E-state index contributed by atoms with van der Waals surface area (Å²) in [6, 6.07) is 0. The van der Waals surface area contributed by atoms with Crippen molar-refractivity contribution in [1.82, 2.24) is 10.2 Å². The summed E-state index contributed by atoms with van der Waals surface area (Å²) in [5.74, 6) is -0.369. The second-order valence-electron chi connectivity index (χ2n) is 5.97. The molecular weight excluding hydrogens is 244 g/mol. The van der Waals surface area contributed by atoms with Crippen LogP contribution in [0.15, 0.2) is 0 Å². The van der Waals surface area contributed by atoms with Crippen molar-refractivity contribution in [3.05, 3.63) is 0 Å². The molecule has 0 aromatic rings. The Bertz CT molecular complexity index is 340. The third-order valence-electron chi connectivity index (χ3n) is 4.45. The highest BCUT2D eigenvalue weighted by Gasteiger charge is 2.36. The smallest absolute Gasteiger partial charge is 0.308 e. The van der Waals surface area contributed by atoms with Crippen LogP contribution in [0.4, 0.5) is 0 Å². The topological polar surface area (TPSA) is 69.6 Å². The van der Waals surface area contributed by atoms with E-state index in [1.807, 2.05) is 6.92 Å². The normalized spacial score (nSPS) is 31.4. The molecule has 1 amide bonds. The lowest BCUT2D eigenvalue weighted by Crippen LogP contribution is -2.33. The lowest BCUT2D eigenvalue weighted by atomic mass is 9.94. The van der Waals surface area contributed by atoms with E-state index in [4.69, 9.17) is 5.11 Å². The van der Waals surface area contributed by atoms with Crippen molar-refractivity contribution in [2.75, 3.05) is 26.2 Å². The second-order valence-corrected chi connectivity index (χ2v) is 5.97. The number of nitrogens with zero attached hydrogens (tertiary/aromatic N) is 1. The molecule has 108 valence electrons. The highest BCUT2D eigenvalue weighted by molar-refractivity contribution is 5.79. The van der Waals surface area contributed by atoms with Gasteiger partial charge in [0.2, 0.25) is 5.91 Å². The van der Waals surface area contributed by atoms with Gasteiger partial charge in [-0.25, -0.2) is 0 Å². The van der Waals surface area contributed by atoms with Gasteiger partial charge in [-0.1, -0.05) is 6.92 Å². The van der Waals surface area contributed by atoms with Crippen LogP contribution in [-0.4, -0.2) is 48.1 Å². The molecule has 0 aromatic heterocycles. The van der Waals surface area contributed by atoms with Crippen LogP contribution in [-0.2, 0) is 9.59 Å². The molecule has 0 radical (unpaired) electrons. The zero-order valence-corrected chi connectivity index (χ0v) is 11.6. The lowest BCUT2D eigenvalue weighted by Gasteiger charge is -2.23. The lowest BCUT2D eigenvalue weighted by molar-refractivity contribution is -0.142. The fourth-order valence-corrected chi connectivity index (χ4v) is 3.15. The minimum Gasteiger partial charge on any atom is -0.481 e. The number of carbonyl (C=O) groups is 2. The number of carbonyl (C=O) groups excluding carboxylic acids is 1. The molecule has 5 heteroatoms. The quantitative estimate of drug-likeness (QED) is 0.796. The van der Waals surface area contributed by atoms with Crippen LogP contribution in [0.2, 0.25) is 0 Å². The first-order chi connectivity index (χ1) is 9.08. The van der Waals surface area contributed by atoms with Crippen LogP contribution in [0.1, 0.15) is 32.6 Å². The zero-order chi connectivity index (χ0) is 13.8. The Kier molecular flexibility index (Phi) is 4.80. The fourth-order valence-electron chi connectivity index (χ4n) is 3.15. The van der Waals surface area contributed by atoms with Gasteiger partial charge >= 0.3 is 5.97 Å². The summed E-state index contributed by atoms with van der Waals surface area (Å²) in [5, 5.41) is 12.4. The maximum atomic E-state index is 12.1. The molecule has 3 unspecified atom stereocenters. The SMILES string of the molecule is CC1CN(C(=O)CCC2CCCNC2)CC1C(=O)O. The van der Waals surface area contributed by atoms with Crippen molar-refractivity contribution in [2.24, 2.45) is 17.8 Å². The number of carboxylic acids is 1. The van der Waals surface area contributed by atoms with Crippen molar-refractivity contribution in [3.63, 3.8) is 0 Å². The van der Waals surface area contributed by atoms with Gasteiger partial charge in [0.25, 0.3) is 0 Å². The molecule has 0 aliphatic carbocycles. The number of hydrogen-bond donors (Lipinski definition) is 2. The molecule has 5 nitrogen and oxygen atoms in total. The third-order valence-corrected chi connectivity index (χ3v) is 4.45. The van der Waals surface area contributed by atoms with E-state index < -0.39 is 5.97 Å². The van der Waals surface area contributed by atoms with E-state index in [-0.39, 0.29) is 17.7 Å². The van der Waals surface area contributed by atoms with Crippen LogP contribution in [0.5, 0.6) is 0 Å². The number of aliphatic carboxylic acids is 1. The summed E-state index contributed by atoms with van der Waals surface area (Å²) < 4.78 is 0. The highest BCUT2D eigenvalue weighted by Crippen LogP contribution is 2.25. The maximum Gasteiger partial charge on any atom is 0.308 e. The summed E-state index contributed by atoms with van der Waals surface area (Å²) in [7, 11) is 0. The van der Waals surface area contributed by atoms with Crippen molar-refractivity contribution in [3.8, 4) is 0 Å². The molecule has 0 bridgehead atoms. The van der Waals surface area contributed by atoms with E-state index in [0.717, 1.165) is 19.5 Å². The number of carboxylic acid groups (broad SMARTS) is 1. The van der Waals surface area contributed by atoms with Gasteiger partial charge in [0.15, 0.2) is 0 Å². The third kappa shape index (κ3) is 3.69. The van der Waals surface area contributed by atoms with Crippen molar-refractivity contribution < 1.29 is 14.7 Å². The van der Waals surface area contributed by atoms with E-state index in [1.54, 1.807) is 4.90 Å². The molecule has 2 heterocycles.